The first-order chi connectivity index (χ1) is 18.9. The van der Waals surface area contributed by atoms with Crippen molar-refractivity contribution in [1.82, 2.24) is 10.2 Å². The molecule has 1 aliphatic heterocycles. The number of aliphatic hydroxyl groups is 4. The number of hydrogen-bond donors (Lipinski definition) is 5. The number of nitrogens with zero attached hydrogens (tertiary/aromatic N) is 1. The normalized spacial score (nSPS) is 26.4. The van der Waals surface area contributed by atoms with Gasteiger partial charge >= 0.3 is 0 Å². The highest BCUT2D eigenvalue weighted by Crippen LogP contribution is 2.27. The van der Waals surface area contributed by atoms with Crippen LogP contribution in [0.25, 0.3) is 0 Å². The van der Waals surface area contributed by atoms with Crippen molar-refractivity contribution in [2.45, 2.75) is 156 Å². The van der Waals surface area contributed by atoms with Crippen LogP contribution in [0, 0.1) is 17.8 Å². The van der Waals surface area contributed by atoms with Crippen molar-refractivity contribution in [2.24, 2.45) is 17.8 Å². The molecule has 0 aromatic carbocycles. The molecule has 9 nitrogen and oxygen atoms in total. The number of nitrogens with one attached hydrogen (secondary N) is 1. The minimum absolute atomic E-state index is 0.0830. The van der Waals surface area contributed by atoms with Crippen LogP contribution < -0.4 is 5.32 Å². The molecule has 0 radical (unpaired) electrons. The molecule has 0 bridgehead atoms. The van der Waals surface area contributed by atoms with Crippen LogP contribution in [0.3, 0.4) is 0 Å². The number of carbonyl (C=O) groups is 1. The van der Waals surface area contributed by atoms with Crippen LogP contribution in [0.5, 0.6) is 0 Å². The molecule has 0 amide bonds. The maximum absolute atomic E-state index is 10.9. The third-order valence-electron chi connectivity index (χ3n) is 7.97. The van der Waals surface area contributed by atoms with E-state index >= 15 is 0 Å². The zero-order valence-corrected chi connectivity index (χ0v) is 28.7. The predicted octanol–water partition coefficient (Wildman–Crippen LogP) is 3.99. The standard InChI is InChI=1S/C22H45NO5.C8H17NO2.C2H6/c1-9-19(28-8)22(7,27)10-15(2)13-23-18(5)12-21(6,26)11-16(3)20(25)17(4)14-24;1-6-4-7(9(2)3)5-8(10)11-6;1-2/h14-20,23,25-27H,9-13H2,1-8H3;6-8,10H,4-5H2,1-3H3;1-2H3/t15-,16?,17?,18-,19?,20?,21-,22+;;/m1../s1. The number of hydrogen-bond acceptors (Lipinski definition) is 9. The Morgan fingerprint density at radius 3 is 2.07 bits per heavy atom. The average molecular weight is 593 g/mol. The van der Waals surface area contributed by atoms with Gasteiger partial charge < -0.3 is 44.9 Å². The summed E-state index contributed by atoms with van der Waals surface area (Å²) in [6.07, 6.45) is 3.55. The molecule has 0 spiro atoms. The average Bonchev–Trinajstić information content (AvgIpc) is 2.87. The Kier molecular flexibility index (Phi) is 21.9. The van der Waals surface area contributed by atoms with Gasteiger partial charge in [0, 0.05) is 31.5 Å². The van der Waals surface area contributed by atoms with Crippen LogP contribution >= 0.6 is 0 Å². The van der Waals surface area contributed by atoms with Gasteiger partial charge in [0.2, 0.25) is 0 Å². The van der Waals surface area contributed by atoms with Crippen molar-refractivity contribution < 1.29 is 34.7 Å². The fourth-order valence-electron chi connectivity index (χ4n) is 5.91. The van der Waals surface area contributed by atoms with E-state index in [1.807, 2.05) is 62.6 Å². The number of ether oxygens (including phenoxy) is 2. The lowest BCUT2D eigenvalue weighted by Gasteiger charge is -2.35. The molecule has 1 rings (SSSR count). The fourth-order valence-corrected chi connectivity index (χ4v) is 5.91. The Hall–Kier alpha value is -0.650. The highest BCUT2D eigenvalue weighted by atomic mass is 16.6. The third kappa shape index (κ3) is 17.9. The van der Waals surface area contributed by atoms with Crippen molar-refractivity contribution in [2.75, 3.05) is 27.7 Å². The van der Waals surface area contributed by atoms with E-state index in [2.05, 4.69) is 17.1 Å². The lowest BCUT2D eigenvalue weighted by molar-refractivity contribution is -0.172. The molecule has 0 aliphatic carbocycles. The molecule has 1 fully saturated rings. The summed E-state index contributed by atoms with van der Waals surface area (Å²) in [5.41, 5.74) is -1.81. The van der Waals surface area contributed by atoms with Gasteiger partial charge in [0.05, 0.1) is 29.5 Å². The minimum Gasteiger partial charge on any atom is -0.392 e. The van der Waals surface area contributed by atoms with Crippen LogP contribution in [-0.2, 0) is 14.3 Å². The molecule has 11 atom stereocenters. The van der Waals surface area contributed by atoms with E-state index in [4.69, 9.17) is 9.47 Å². The van der Waals surface area contributed by atoms with E-state index in [0.717, 1.165) is 32.1 Å². The Balaban J connectivity index is 0. The molecule has 1 aliphatic rings. The molecule has 41 heavy (non-hydrogen) atoms. The smallest absolute Gasteiger partial charge is 0.156 e. The number of methoxy groups -OCH3 is 1. The van der Waals surface area contributed by atoms with Crippen LogP contribution in [-0.4, -0.2) is 107 Å². The second kappa shape index (κ2) is 21.1. The molecule has 5 N–H and O–H groups in total. The van der Waals surface area contributed by atoms with Crippen LogP contribution in [0.15, 0.2) is 0 Å². The first kappa shape index (κ1) is 42.5. The van der Waals surface area contributed by atoms with Gasteiger partial charge in [-0.05, 0) is 92.3 Å². The summed E-state index contributed by atoms with van der Waals surface area (Å²) in [7, 11) is 5.70. The molecule has 0 aromatic heterocycles. The highest BCUT2D eigenvalue weighted by Gasteiger charge is 2.33. The van der Waals surface area contributed by atoms with Gasteiger partial charge in [0.25, 0.3) is 0 Å². The largest absolute Gasteiger partial charge is 0.392 e. The fraction of sp³-hybridized carbons (Fsp3) is 0.969. The lowest BCUT2D eigenvalue weighted by Crippen LogP contribution is -2.44. The summed E-state index contributed by atoms with van der Waals surface area (Å²) >= 11 is 0. The number of aldehydes is 1. The van der Waals surface area contributed by atoms with Crippen molar-refractivity contribution >= 4 is 6.29 Å². The topological polar surface area (TPSA) is 132 Å². The Morgan fingerprint density at radius 2 is 1.63 bits per heavy atom. The van der Waals surface area contributed by atoms with Crippen LogP contribution in [0.2, 0.25) is 0 Å². The van der Waals surface area contributed by atoms with Crippen LogP contribution in [0.4, 0.5) is 0 Å². The van der Waals surface area contributed by atoms with Gasteiger partial charge in [0.1, 0.15) is 6.29 Å². The van der Waals surface area contributed by atoms with Crippen molar-refractivity contribution in [3.8, 4) is 0 Å². The molecule has 9 heteroatoms. The van der Waals surface area contributed by atoms with Crippen molar-refractivity contribution in [3.63, 3.8) is 0 Å². The van der Waals surface area contributed by atoms with Gasteiger partial charge in [-0.3, -0.25) is 0 Å². The second-order valence-electron chi connectivity index (χ2n) is 13.0. The summed E-state index contributed by atoms with van der Waals surface area (Å²) in [5, 5.41) is 44.3. The van der Waals surface area contributed by atoms with E-state index in [1.54, 1.807) is 21.0 Å². The van der Waals surface area contributed by atoms with Crippen molar-refractivity contribution in [1.29, 1.82) is 0 Å². The molecule has 7 unspecified atom stereocenters. The van der Waals surface area contributed by atoms with Crippen LogP contribution in [0.1, 0.15) is 108 Å². The molecule has 0 aromatic rings. The molecule has 1 saturated heterocycles. The first-order valence-electron chi connectivity index (χ1n) is 15.7. The maximum Gasteiger partial charge on any atom is 0.156 e. The molecular formula is C32H68N2O7. The van der Waals surface area contributed by atoms with Gasteiger partial charge in [-0.1, -0.05) is 41.5 Å². The molecule has 1 heterocycles. The first-order valence-corrected chi connectivity index (χ1v) is 15.7. The number of aliphatic hydroxyl groups excluding tert-OH is 2. The minimum atomic E-state index is -0.937. The summed E-state index contributed by atoms with van der Waals surface area (Å²) in [4.78, 5) is 13.0. The zero-order valence-electron chi connectivity index (χ0n) is 28.7. The van der Waals surface area contributed by atoms with E-state index in [-0.39, 0.29) is 30.1 Å². The Bertz CT molecular complexity index is 648. The van der Waals surface area contributed by atoms with E-state index < -0.39 is 29.5 Å². The summed E-state index contributed by atoms with van der Waals surface area (Å²) in [6, 6.07) is 0.549. The molecule has 0 saturated carbocycles. The third-order valence-corrected chi connectivity index (χ3v) is 7.97. The SMILES string of the molecule is CC.CC1CC(N(C)C)CC(O)O1.CCC(OC)[C@@](C)(O)C[C@@H](C)CN[C@H](C)C[C@](C)(O)CC(C)C(O)C(C)C=O. The molecule has 248 valence electrons. The lowest BCUT2D eigenvalue weighted by atomic mass is 9.82. The predicted molar refractivity (Wildman–Crippen MR) is 168 cm³/mol. The quantitative estimate of drug-likeness (QED) is 0.169. The van der Waals surface area contributed by atoms with E-state index in [1.165, 1.54) is 0 Å². The Morgan fingerprint density at radius 1 is 1.07 bits per heavy atom. The zero-order chi connectivity index (χ0) is 32.6. The number of carbonyl (C=O) groups excluding carboxylic acids is 1. The monoisotopic (exact) mass is 593 g/mol. The molecular weight excluding hydrogens is 524 g/mol. The van der Waals surface area contributed by atoms with Gasteiger partial charge in [-0.25, -0.2) is 0 Å². The van der Waals surface area contributed by atoms with E-state index in [9.17, 15) is 25.2 Å². The van der Waals surface area contributed by atoms with Gasteiger partial charge in [0.15, 0.2) is 6.29 Å². The van der Waals surface area contributed by atoms with Crippen molar-refractivity contribution in [3.05, 3.63) is 0 Å². The summed E-state index contributed by atoms with van der Waals surface area (Å²) < 4.78 is 10.6. The second-order valence-corrected chi connectivity index (χ2v) is 13.0. The number of rotatable bonds is 16. The highest BCUT2D eigenvalue weighted by molar-refractivity contribution is 5.53. The van der Waals surface area contributed by atoms with E-state index in [0.29, 0.717) is 25.3 Å². The summed E-state index contributed by atoms with van der Waals surface area (Å²) in [5.74, 6) is -0.355. The maximum atomic E-state index is 10.9. The Labute approximate surface area is 252 Å². The van der Waals surface area contributed by atoms with Gasteiger partial charge in [-0.15, -0.1) is 0 Å². The van der Waals surface area contributed by atoms with Gasteiger partial charge in [-0.2, -0.15) is 0 Å². The summed E-state index contributed by atoms with van der Waals surface area (Å²) in [6.45, 7) is 20.0.